The number of ether oxygens (including phenoxy) is 1. The molecule has 0 aromatic heterocycles. The van der Waals surface area contributed by atoms with Gasteiger partial charge in [-0.1, -0.05) is 31.4 Å². The Morgan fingerprint density at radius 3 is 2.88 bits per heavy atom. The summed E-state index contributed by atoms with van der Waals surface area (Å²) in [7, 11) is 1.64. The molecule has 1 aromatic carbocycles. The van der Waals surface area contributed by atoms with E-state index in [0.29, 0.717) is 11.1 Å². The minimum Gasteiger partial charge on any atom is -0.495 e. The molecule has 94 valence electrons. The first-order valence-electron chi connectivity index (χ1n) is 6.34. The predicted octanol–water partition coefficient (Wildman–Crippen LogP) is 4.34. The molecule has 1 aromatic rings. The Hall–Kier alpha value is -0.890. The summed E-state index contributed by atoms with van der Waals surface area (Å²) < 4.78 is 5.15. The topological polar surface area (TPSA) is 21.3 Å². The highest BCUT2D eigenvalue weighted by molar-refractivity contribution is 6.32. The van der Waals surface area contributed by atoms with Gasteiger partial charge in [0.1, 0.15) is 5.75 Å². The van der Waals surface area contributed by atoms with Gasteiger partial charge < -0.3 is 10.1 Å². The molecule has 1 fully saturated rings. The minimum absolute atomic E-state index is 0.601. The van der Waals surface area contributed by atoms with E-state index in [9.17, 15) is 0 Å². The zero-order valence-electron chi connectivity index (χ0n) is 10.5. The fraction of sp³-hybridized carbons (Fsp3) is 0.571. The van der Waals surface area contributed by atoms with Crippen molar-refractivity contribution in [3.8, 4) is 5.75 Å². The van der Waals surface area contributed by atoms with Crippen molar-refractivity contribution in [3.63, 3.8) is 0 Å². The van der Waals surface area contributed by atoms with Crippen LogP contribution in [0.4, 0.5) is 5.69 Å². The molecule has 1 aliphatic carbocycles. The summed E-state index contributed by atoms with van der Waals surface area (Å²) >= 11 is 6.12. The number of hydrogen-bond donors (Lipinski definition) is 1. The Balaban J connectivity index is 2.05. The maximum absolute atomic E-state index is 6.12. The maximum Gasteiger partial charge on any atom is 0.137 e. The average molecular weight is 254 g/mol. The van der Waals surface area contributed by atoms with Crippen molar-refractivity contribution in [3.05, 3.63) is 23.2 Å². The van der Waals surface area contributed by atoms with Gasteiger partial charge in [-0.15, -0.1) is 0 Å². The molecule has 0 spiro atoms. The van der Waals surface area contributed by atoms with Gasteiger partial charge in [0.25, 0.3) is 0 Å². The summed E-state index contributed by atoms with van der Waals surface area (Å²) in [4.78, 5) is 0. The summed E-state index contributed by atoms with van der Waals surface area (Å²) in [6.45, 7) is 2.27. The van der Waals surface area contributed by atoms with E-state index in [-0.39, 0.29) is 0 Å². The van der Waals surface area contributed by atoms with Crippen LogP contribution in [-0.4, -0.2) is 13.2 Å². The molecule has 1 N–H and O–H groups in total. The maximum atomic E-state index is 6.12. The molecule has 2 atom stereocenters. The average Bonchev–Trinajstić information content (AvgIpc) is 2.76. The monoisotopic (exact) mass is 253 g/mol. The van der Waals surface area contributed by atoms with Crippen molar-refractivity contribution in [2.45, 2.75) is 38.6 Å². The summed E-state index contributed by atoms with van der Waals surface area (Å²) in [5, 5.41) is 4.26. The molecule has 0 amide bonds. The lowest BCUT2D eigenvalue weighted by Crippen LogP contribution is -2.23. The Kier molecular flexibility index (Phi) is 4.16. The lowest BCUT2D eigenvalue weighted by atomic mass is 10.0. The van der Waals surface area contributed by atoms with Crippen molar-refractivity contribution in [2.24, 2.45) is 5.92 Å². The van der Waals surface area contributed by atoms with Crippen LogP contribution in [0.1, 0.15) is 32.6 Å². The molecule has 2 nitrogen and oxygen atoms in total. The van der Waals surface area contributed by atoms with E-state index in [2.05, 4.69) is 12.2 Å². The molecular formula is C14H20ClNO. The minimum atomic E-state index is 0.601. The van der Waals surface area contributed by atoms with E-state index in [1.54, 1.807) is 7.11 Å². The number of methoxy groups -OCH3 is 1. The Labute approximate surface area is 108 Å². The van der Waals surface area contributed by atoms with Crippen LogP contribution in [0.2, 0.25) is 5.02 Å². The van der Waals surface area contributed by atoms with Crippen molar-refractivity contribution >= 4 is 17.3 Å². The normalized spacial score (nSPS) is 23.7. The fourth-order valence-electron chi connectivity index (χ4n) is 2.69. The molecule has 1 aliphatic rings. The van der Waals surface area contributed by atoms with Gasteiger partial charge in [0.15, 0.2) is 0 Å². The van der Waals surface area contributed by atoms with E-state index in [1.165, 1.54) is 25.7 Å². The predicted molar refractivity (Wildman–Crippen MR) is 73.0 cm³/mol. The first kappa shape index (κ1) is 12.6. The van der Waals surface area contributed by atoms with Crippen molar-refractivity contribution in [1.29, 1.82) is 0 Å². The molecule has 17 heavy (non-hydrogen) atoms. The Morgan fingerprint density at radius 1 is 1.41 bits per heavy atom. The molecule has 0 radical (unpaired) electrons. The zero-order valence-corrected chi connectivity index (χ0v) is 11.3. The highest BCUT2D eigenvalue weighted by atomic mass is 35.5. The molecule has 2 rings (SSSR count). The van der Waals surface area contributed by atoms with Gasteiger partial charge in [-0.3, -0.25) is 0 Å². The molecule has 3 heteroatoms. The number of hydrogen-bond acceptors (Lipinski definition) is 2. The second-order valence-corrected chi connectivity index (χ2v) is 5.11. The van der Waals surface area contributed by atoms with Crippen molar-refractivity contribution in [1.82, 2.24) is 0 Å². The van der Waals surface area contributed by atoms with Crippen LogP contribution in [0, 0.1) is 5.92 Å². The van der Waals surface area contributed by atoms with Gasteiger partial charge in [0.2, 0.25) is 0 Å². The van der Waals surface area contributed by atoms with E-state index < -0.39 is 0 Å². The van der Waals surface area contributed by atoms with Crippen LogP contribution in [0.15, 0.2) is 18.2 Å². The molecule has 0 bridgehead atoms. The quantitative estimate of drug-likeness (QED) is 0.862. The third-order valence-electron chi connectivity index (χ3n) is 3.69. The van der Waals surface area contributed by atoms with Crippen molar-refractivity contribution < 1.29 is 4.74 Å². The number of halogens is 1. The van der Waals surface area contributed by atoms with E-state index >= 15 is 0 Å². The van der Waals surface area contributed by atoms with Crippen molar-refractivity contribution in [2.75, 3.05) is 12.4 Å². The third-order valence-corrected chi connectivity index (χ3v) is 3.98. The van der Waals surface area contributed by atoms with Gasteiger partial charge in [-0.05, 0) is 37.0 Å². The Morgan fingerprint density at radius 2 is 2.24 bits per heavy atom. The van der Waals surface area contributed by atoms with Gasteiger partial charge in [0, 0.05) is 11.7 Å². The molecule has 2 unspecified atom stereocenters. The van der Waals surface area contributed by atoms with E-state index in [4.69, 9.17) is 16.3 Å². The van der Waals surface area contributed by atoms with Gasteiger partial charge >= 0.3 is 0 Å². The molecular weight excluding hydrogens is 234 g/mol. The second-order valence-electron chi connectivity index (χ2n) is 4.70. The van der Waals surface area contributed by atoms with Crippen LogP contribution in [0.25, 0.3) is 0 Å². The number of rotatable bonds is 4. The van der Waals surface area contributed by atoms with Gasteiger partial charge in [0.05, 0.1) is 12.1 Å². The number of nitrogens with one attached hydrogen (secondary N) is 1. The van der Waals surface area contributed by atoms with E-state index in [0.717, 1.165) is 17.4 Å². The van der Waals surface area contributed by atoms with Crippen LogP contribution in [0.3, 0.4) is 0 Å². The van der Waals surface area contributed by atoms with Crippen LogP contribution < -0.4 is 10.1 Å². The smallest absolute Gasteiger partial charge is 0.137 e. The summed E-state index contributed by atoms with van der Waals surface area (Å²) in [5.74, 6) is 1.53. The second kappa shape index (κ2) is 5.63. The first-order chi connectivity index (χ1) is 8.24. The van der Waals surface area contributed by atoms with Gasteiger partial charge in [-0.25, -0.2) is 0 Å². The van der Waals surface area contributed by atoms with Crippen LogP contribution >= 0.6 is 11.6 Å². The highest BCUT2D eigenvalue weighted by Gasteiger charge is 2.25. The summed E-state index contributed by atoms with van der Waals surface area (Å²) in [5.41, 5.74) is 1.10. The zero-order chi connectivity index (χ0) is 12.3. The van der Waals surface area contributed by atoms with E-state index in [1.807, 2.05) is 18.2 Å². The summed E-state index contributed by atoms with van der Waals surface area (Å²) in [6.07, 6.45) is 5.20. The fourth-order valence-corrected chi connectivity index (χ4v) is 2.94. The SMILES string of the molecule is CCC1CCCC1Nc1ccc(OC)c(Cl)c1. The van der Waals surface area contributed by atoms with Crippen LogP contribution in [-0.2, 0) is 0 Å². The lowest BCUT2D eigenvalue weighted by Gasteiger charge is -2.21. The largest absolute Gasteiger partial charge is 0.495 e. The Bertz CT molecular complexity index is 380. The standard InChI is InChI=1S/C14H20ClNO/c1-3-10-5-4-6-13(10)16-11-7-8-14(17-2)12(15)9-11/h7-10,13,16H,3-6H2,1-2H3. The molecule has 1 saturated carbocycles. The first-order valence-corrected chi connectivity index (χ1v) is 6.72. The third kappa shape index (κ3) is 2.86. The highest BCUT2D eigenvalue weighted by Crippen LogP contribution is 2.33. The number of anilines is 1. The molecule has 0 saturated heterocycles. The molecule has 0 aliphatic heterocycles. The number of benzene rings is 1. The van der Waals surface area contributed by atoms with Crippen LogP contribution in [0.5, 0.6) is 5.75 Å². The van der Waals surface area contributed by atoms with Gasteiger partial charge in [-0.2, -0.15) is 0 Å². The molecule has 0 heterocycles. The lowest BCUT2D eigenvalue weighted by molar-refractivity contribution is 0.415. The summed E-state index contributed by atoms with van der Waals surface area (Å²) in [6, 6.07) is 6.51.